The van der Waals surface area contributed by atoms with Crippen molar-refractivity contribution in [3.8, 4) is 5.75 Å². The third kappa shape index (κ3) is 4.01. The SMILES string of the molecule is CNC(C)c1ccc(SCc2cccc(O)c2)cc1. The zero-order chi connectivity index (χ0) is 13.7. The van der Waals surface area contributed by atoms with Crippen molar-refractivity contribution in [2.75, 3.05) is 7.05 Å². The summed E-state index contributed by atoms with van der Waals surface area (Å²) in [5, 5.41) is 12.6. The fourth-order valence-electron chi connectivity index (χ4n) is 1.83. The fourth-order valence-corrected chi connectivity index (χ4v) is 2.67. The van der Waals surface area contributed by atoms with E-state index in [1.807, 2.05) is 25.2 Å². The number of benzene rings is 2. The molecule has 0 fully saturated rings. The Bertz CT molecular complexity index is 525. The summed E-state index contributed by atoms with van der Waals surface area (Å²) in [5.41, 5.74) is 2.43. The molecule has 2 N–H and O–H groups in total. The minimum Gasteiger partial charge on any atom is -0.508 e. The predicted molar refractivity (Wildman–Crippen MR) is 81.6 cm³/mol. The van der Waals surface area contributed by atoms with E-state index >= 15 is 0 Å². The first-order valence-corrected chi connectivity index (χ1v) is 7.35. The third-order valence-electron chi connectivity index (χ3n) is 3.13. The van der Waals surface area contributed by atoms with Crippen LogP contribution in [-0.2, 0) is 5.75 Å². The quantitative estimate of drug-likeness (QED) is 0.809. The van der Waals surface area contributed by atoms with Crippen LogP contribution in [0.5, 0.6) is 5.75 Å². The lowest BCUT2D eigenvalue weighted by Crippen LogP contribution is -2.11. The van der Waals surface area contributed by atoms with Crippen LogP contribution in [0, 0.1) is 0 Å². The highest BCUT2D eigenvalue weighted by Crippen LogP contribution is 2.25. The molecule has 0 heterocycles. The summed E-state index contributed by atoms with van der Waals surface area (Å²) in [5.74, 6) is 1.20. The lowest BCUT2D eigenvalue weighted by Gasteiger charge is -2.11. The highest BCUT2D eigenvalue weighted by atomic mass is 32.2. The predicted octanol–water partition coefficient (Wildman–Crippen LogP) is 3.96. The molecular weight excluding hydrogens is 254 g/mol. The molecule has 0 spiro atoms. The van der Waals surface area contributed by atoms with Gasteiger partial charge in [-0.3, -0.25) is 0 Å². The molecule has 2 rings (SSSR count). The van der Waals surface area contributed by atoms with E-state index in [9.17, 15) is 5.11 Å². The van der Waals surface area contributed by atoms with Crippen molar-refractivity contribution >= 4 is 11.8 Å². The summed E-state index contributed by atoms with van der Waals surface area (Å²) in [6.45, 7) is 2.15. The van der Waals surface area contributed by atoms with E-state index < -0.39 is 0 Å². The molecule has 1 atom stereocenters. The second-order valence-corrected chi connectivity index (χ2v) is 5.59. The van der Waals surface area contributed by atoms with E-state index in [1.165, 1.54) is 10.5 Å². The smallest absolute Gasteiger partial charge is 0.115 e. The number of nitrogens with one attached hydrogen (secondary N) is 1. The van der Waals surface area contributed by atoms with Crippen molar-refractivity contribution in [1.29, 1.82) is 0 Å². The van der Waals surface area contributed by atoms with Crippen LogP contribution in [0.25, 0.3) is 0 Å². The Hall–Kier alpha value is -1.45. The van der Waals surface area contributed by atoms with Crippen LogP contribution in [0.4, 0.5) is 0 Å². The molecule has 2 aromatic rings. The highest BCUT2D eigenvalue weighted by molar-refractivity contribution is 7.98. The van der Waals surface area contributed by atoms with Crippen LogP contribution in [-0.4, -0.2) is 12.2 Å². The van der Waals surface area contributed by atoms with Crippen molar-refractivity contribution in [1.82, 2.24) is 5.32 Å². The normalized spacial score (nSPS) is 12.3. The van der Waals surface area contributed by atoms with Gasteiger partial charge in [0.05, 0.1) is 0 Å². The number of hydrogen-bond acceptors (Lipinski definition) is 3. The Morgan fingerprint density at radius 3 is 2.53 bits per heavy atom. The second-order valence-electron chi connectivity index (χ2n) is 4.54. The maximum atomic E-state index is 9.42. The molecule has 0 amide bonds. The Labute approximate surface area is 118 Å². The number of thioether (sulfide) groups is 1. The van der Waals surface area contributed by atoms with Gasteiger partial charge in [-0.05, 0) is 49.4 Å². The van der Waals surface area contributed by atoms with Crippen molar-refractivity contribution in [3.63, 3.8) is 0 Å². The Morgan fingerprint density at radius 1 is 1.16 bits per heavy atom. The topological polar surface area (TPSA) is 32.3 Å². The molecule has 1 unspecified atom stereocenters. The van der Waals surface area contributed by atoms with Gasteiger partial charge in [0.25, 0.3) is 0 Å². The van der Waals surface area contributed by atoms with E-state index in [-0.39, 0.29) is 0 Å². The minimum absolute atomic E-state index is 0.330. The molecule has 3 heteroatoms. The summed E-state index contributed by atoms with van der Waals surface area (Å²) in [6, 6.07) is 16.4. The van der Waals surface area contributed by atoms with Gasteiger partial charge in [0.2, 0.25) is 0 Å². The molecule has 0 aromatic heterocycles. The van der Waals surface area contributed by atoms with Crippen molar-refractivity contribution in [2.45, 2.75) is 23.6 Å². The molecule has 100 valence electrons. The molecule has 0 saturated heterocycles. The first-order valence-electron chi connectivity index (χ1n) is 6.37. The average molecular weight is 273 g/mol. The van der Waals surface area contributed by atoms with Crippen LogP contribution >= 0.6 is 11.8 Å². The van der Waals surface area contributed by atoms with Crippen molar-refractivity contribution < 1.29 is 5.11 Å². The van der Waals surface area contributed by atoms with Crippen LogP contribution < -0.4 is 5.32 Å². The van der Waals surface area contributed by atoms with Gasteiger partial charge in [-0.25, -0.2) is 0 Å². The first-order chi connectivity index (χ1) is 9.19. The number of phenols is 1. The van der Waals surface area contributed by atoms with Gasteiger partial charge < -0.3 is 10.4 Å². The maximum Gasteiger partial charge on any atom is 0.115 e. The van der Waals surface area contributed by atoms with Gasteiger partial charge in [0.1, 0.15) is 5.75 Å². The van der Waals surface area contributed by atoms with Gasteiger partial charge in [0.15, 0.2) is 0 Å². The van der Waals surface area contributed by atoms with Gasteiger partial charge in [-0.1, -0.05) is 24.3 Å². The molecule has 0 radical (unpaired) electrons. The monoisotopic (exact) mass is 273 g/mol. The summed E-state index contributed by atoms with van der Waals surface area (Å²) in [7, 11) is 1.97. The fraction of sp³-hybridized carbons (Fsp3) is 0.250. The standard InChI is InChI=1S/C16H19NOS/c1-12(17-2)14-6-8-16(9-7-14)19-11-13-4-3-5-15(18)10-13/h3-10,12,17-18H,11H2,1-2H3. The van der Waals surface area contributed by atoms with Gasteiger partial charge in [-0.2, -0.15) is 0 Å². The summed E-state index contributed by atoms with van der Waals surface area (Å²) in [4.78, 5) is 1.25. The Balaban J connectivity index is 1.96. The minimum atomic E-state index is 0.330. The molecule has 19 heavy (non-hydrogen) atoms. The summed E-state index contributed by atoms with van der Waals surface area (Å²) in [6.07, 6.45) is 0. The molecular formula is C16H19NOS. The lowest BCUT2D eigenvalue weighted by atomic mass is 10.1. The van der Waals surface area contributed by atoms with E-state index in [4.69, 9.17) is 0 Å². The number of phenolic OH excluding ortho intramolecular Hbond substituents is 1. The van der Waals surface area contributed by atoms with Crippen LogP contribution in [0.15, 0.2) is 53.4 Å². The molecule has 0 aliphatic carbocycles. The highest BCUT2D eigenvalue weighted by Gasteiger charge is 2.02. The third-order valence-corrected chi connectivity index (χ3v) is 4.21. The molecule has 0 bridgehead atoms. The van der Waals surface area contributed by atoms with Crippen LogP contribution in [0.3, 0.4) is 0 Å². The van der Waals surface area contributed by atoms with Gasteiger partial charge in [0, 0.05) is 16.7 Å². The number of aromatic hydroxyl groups is 1. The van der Waals surface area contributed by atoms with E-state index in [1.54, 1.807) is 17.8 Å². The van der Waals surface area contributed by atoms with Crippen molar-refractivity contribution in [2.24, 2.45) is 0 Å². The molecule has 0 aliphatic heterocycles. The molecule has 0 aliphatic rings. The molecule has 2 aromatic carbocycles. The molecule has 0 saturated carbocycles. The maximum absolute atomic E-state index is 9.42. The molecule has 2 nitrogen and oxygen atoms in total. The summed E-state index contributed by atoms with van der Waals surface area (Å²) >= 11 is 1.78. The number of rotatable bonds is 5. The second kappa shape index (κ2) is 6.64. The lowest BCUT2D eigenvalue weighted by molar-refractivity contribution is 0.475. The zero-order valence-electron chi connectivity index (χ0n) is 11.3. The van der Waals surface area contributed by atoms with Crippen LogP contribution in [0.2, 0.25) is 0 Å². The zero-order valence-corrected chi connectivity index (χ0v) is 12.1. The van der Waals surface area contributed by atoms with Gasteiger partial charge in [-0.15, -0.1) is 11.8 Å². The Morgan fingerprint density at radius 2 is 1.89 bits per heavy atom. The Kier molecular flexibility index (Phi) is 4.88. The van der Waals surface area contributed by atoms with Crippen LogP contribution in [0.1, 0.15) is 24.1 Å². The average Bonchev–Trinajstić information content (AvgIpc) is 2.45. The first kappa shape index (κ1) is 14.0. The van der Waals surface area contributed by atoms with Crippen molar-refractivity contribution in [3.05, 3.63) is 59.7 Å². The largest absolute Gasteiger partial charge is 0.508 e. The van der Waals surface area contributed by atoms with E-state index in [0.29, 0.717) is 11.8 Å². The van der Waals surface area contributed by atoms with E-state index in [2.05, 4.69) is 36.5 Å². The summed E-state index contributed by atoms with van der Waals surface area (Å²) < 4.78 is 0. The van der Waals surface area contributed by atoms with Gasteiger partial charge >= 0.3 is 0 Å². The number of hydrogen-bond donors (Lipinski definition) is 2. The van der Waals surface area contributed by atoms with E-state index in [0.717, 1.165) is 11.3 Å².